The summed E-state index contributed by atoms with van der Waals surface area (Å²) in [6.45, 7) is 1.36. The number of hydrogen-bond donors (Lipinski definition) is 1. The van der Waals surface area contributed by atoms with Crippen molar-refractivity contribution < 1.29 is 13.2 Å². The molecule has 1 aliphatic carbocycles. The molecule has 0 spiro atoms. The van der Waals surface area contributed by atoms with Crippen molar-refractivity contribution in [3.63, 3.8) is 0 Å². The van der Waals surface area contributed by atoms with Gasteiger partial charge in [-0.1, -0.05) is 25.7 Å². The van der Waals surface area contributed by atoms with Crippen LogP contribution in [0.2, 0.25) is 0 Å². The largest absolute Gasteiger partial charge is 0.390 e. The van der Waals surface area contributed by atoms with E-state index in [4.69, 9.17) is 5.73 Å². The number of hydrogen-bond acceptors (Lipinski definition) is 2. The normalized spacial score (nSPS) is 21.0. The molecule has 0 aliphatic heterocycles. The quantitative estimate of drug-likeness (QED) is 0.774. The molecule has 108 valence electrons. The molecule has 0 aromatic heterocycles. The molecule has 0 radical (unpaired) electrons. The van der Waals surface area contributed by atoms with Gasteiger partial charge < -0.3 is 10.6 Å². The molecule has 1 saturated carbocycles. The molecule has 0 bridgehead atoms. The van der Waals surface area contributed by atoms with Crippen LogP contribution in [0.25, 0.3) is 0 Å². The van der Waals surface area contributed by atoms with E-state index in [1.807, 2.05) is 0 Å². The van der Waals surface area contributed by atoms with Crippen molar-refractivity contribution in [3.8, 4) is 0 Å². The van der Waals surface area contributed by atoms with Gasteiger partial charge in [0.15, 0.2) is 0 Å². The first-order chi connectivity index (χ1) is 8.37. The molecule has 0 unspecified atom stereocenters. The zero-order chi connectivity index (χ0) is 13.6. The fourth-order valence-corrected chi connectivity index (χ4v) is 2.87. The van der Waals surface area contributed by atoms with Crippen LogP contribution >= 0.6 is 0 Å². The van der Waals surface area contributed by atoms with Gasteiger partial charge in [0.05, 0.1) is 6.42 Å². The number of rotatable bonds is 5. The minimum atomic E-state index is -4.06. The topological polar surface area (TPSA) is 29.3 Å². The van der Waals surface area contributed by atoms with Gasteiger partial charge in [-0.3, -0.25) is 0 Å². The van der Waals surface area contributed by atoms with Crippen molar-refractivity contribution in [1.82, 2.24) is 4.90 Å². The summed E-state index contributed by atoms with van der Waals surface area (Å²) in [6, 6.07) is 0. The molecule has 0 saturated heterocycles. The second kappa shape index (κ2) is 6.75. The molecule has 1 rings (SSSR count). The lowest BCUT2D eigenvalue weighted by molar-refractivity contribution is -0.138. The molecule has 0 aromatic rings. The molecule has 1 fully saturated rings. The average Bonchev–Trinajstić information content (AvgIpc) is 2.52. The Kier molecular flexibility index (Phi) is 5.92. The Morgan fingerprint density at radius 3 is 2.11 bits per heavy atom. The van der Waals surface area contributed by atoms with Crippen LogP contribution in [-0.4, -0.2) is 37.8 Å². The first-order valence-corrected chi connectivity index (χ1v) is 6.82. The summed E-state index contributed by atoms with van der Waals surface area (Å²) in [5.41, 5.74) is 5.93. The van der Waals surface area contributed by atoms with Gasteiger partial charge in [0.25, 0.3) is 0 Å². The molecule has 18 heavy (non-hydrogen) atoms. The van der Waals surface area contributed by atoms with Gasteiger partial charge in [-0.2, -0.15) is 13.2 Å². The number of alkyl halides is 3. The molecule has 2 nitrogen and oxygen atoms in total. The highest BCUT2D eigenvalue weighted by molar-refractivity contribution is 4.85. The van der Waals surface area contributed by atoms with Gasteiger partial charge in [-0.15, -0.1) is 0 Å². The van der Waals surface area contributed by atoms with Crippen LogP contribution in [0.5, 0.6) is 0 Å². The van der Waals surface area contributed by atoms with Gasteiger partial charge in [-0.25, -0.2) is 0 Å². The SMILES string of the molecule is CN(CCC(F)(F)F)CC1(CN)CCCCCC1. The molecule has 0 atom stereocenters. The van der Waals surface area contributed by atoms with Gasteiger partial charge in [-0.05, 0) is 31.8 Å². The van der Waals surface area contributed by atoms with Crippen LogP contribution in [0.1, 0.15) is 44.9 Å². The number of nitrogens with zero attached hydrogens (tertiary/aromatic N) is 1. The van der Waals surface area contributed by atoms with Crippen molar-refractivity contribution in [2.24, 2.45) is 11.1 Å². The fraction of sp³-hybridized carbons (Fsp3) is 1.00. The summed E-state index contributed by atoms with van der Waals surface area (Å²) >= 11 is 0. The van der Waals surface area contributed by atoms with Gasteiger partial charge in [0, 0.05) is 13.1 Å². The van der Waals surface area contributed by atoms with E-state index < -0.39 is 12.6 Å². The summed E-state index contributed by atoms with van der Waals surface area (Å²) in [6.07, 6.45) is 2.09. The van der Waals surface area contributed by atoms with E-state index in [0.717, 1.165) is 25.7 Å². The lowest BCUT2D eigenvalue weighted by Crippen LogP contribution is -2.41. The third kappa shape index (κ3) is 5.57. The van der Waals surface area contributed by atoms with E-state index >= 15 is 0 Å². The molecule has 0 heterocycles. The van der Waals surface area contributed by atoms with Gasteiger partial charge in [0.2, 0.25) is 0 Å². The highest BCUT2D eigenvalue weighted by Gasteiger charge is 2.32. The monoisotopic (exact) mass is 266 g/mol. The zero-order valence-corrected chi connectivity index (χ0v) is 11.2. The maximum Gasteiger partial charge on any atom is 0.390 e. The third-order valence-corrected chi connectivity index (χ3v) is 3.98. The second-order valence-corrected chi connectivity index (χ2v) is 5.72. The first kappa shape index (κ1) is 15.8. The van der Waals surface area contributed by atoms with Crippen molar-refractivity contribution in [1.29, 1.82) is 0 Å². The Hall–Kier alpha value is -0.290. The van der Waals surface area contributed by atoms with Crippen LogP contribution < -0.4 is 5.73 Å². The molecule has 1 aliphatic rings. The van der Waals surface area contributed by atoms with Crippen molar-refractivity contribution in [2.75, 3.05) is 26.7 Å². The predicted molar refractivity (Wildman–Crippen MR) is 67.4 cm³/mol. The van der Waals surface area contributed by atoms with Crippen molar-refractivity contribution in [3.05, 3.63) is 0 Å². The highest BCUT2D eigenvalue weighted by atomic mass is 19.4. The molecular formula is C13H25F3N2. The molecule has 0 aromatic carbocycles. The number of halogens is 3. The van der Waals surface area contributed by atoms with Crippen LogP contribution in [-0.2, 0) is 0 Å². The standard InChI is InChI=1S/C13H25F3N2/c1-18(9-8-13(14,15)16)11-12(10-17)6-4-2-3-5-7-12/h2-11,17H2,1H3. The summed E-state index contributed by atoms with van der Waals surface area (Å²) in [5.74, 6) is 0. The summed E-state index contributed by atoms with van der Waals surface area (Å²) < 4.78 is 36.6. The lowest BCUT2D eigenvalue weighted by atomic mass is 9.80. The fourth-order valence-electron chi connectivity index (χ4n) is 2.87. The average molecular weight is 266 g/mol. The van der Waals surface area contributed by atoms with E-state index in [0.29, 0.717) is 13.1 Å². The zero-order valence-electron chi connectivity index (χ0n) is 11.2. The Bertz CT molecular complexity index is 233. The summed E-state index contributed by atoms with van der Waals surface area (Å²) in [4.78, 5) is 1.80. The van der Waals surface area contributed by atoms with Crippen LogP contribution in [0.3, 0.4) is 0 Å². The second-order valence-electron chi connectivity index (χ2n) is 5.72. The van der Waals surface area contributed by atoms with E-state index in [9.17, 15) is 13.2 Å². The summed E-state index contributed by atoms with van der Waals surface area (Å²) in [7, 11) is 1.77. The predicted octanol–water partition coefficient (Wildman–Crippen LogP) is 3.17. The highest BCUT2D eigenvalue weighted by Crippen LogP contribution is 2.35. The molecule has 2 N–H and O–H groups in total. The van der Waals surface area contributed by atoms with Crippen LogP contribution in [0.15, 0.2) is 0 Å². The van der Waals surface area contributed by atoms with E-state index in [2.05, 4.69) is 0 Å². The lowest BCUT2D eigenvalue weighted by Gasteiger charge is -2.35. The summed E-state index contributed by atoms with van der Waals surface area (Å²) in [5, 5.41) is 0. The van der Waals surface area contributed by atoms with Crippen molar-refractivity contribution in [2.45, 2.75) is 51.1 Å². The van der Waals surface area contributed by atoms with E-state index in [-0.39, 0.29) is 12.0 Å². The molecule has 0 amide bonds. The minimum Gasteiger partial charge on any atom is -0.330 e. The van der Waals surface area contributed by atoms with Gasteiger partial charge in [0.1, 0.15) is 0 Å². The maximum absolute atomic E-state index is 12.2. The van der Waals surface area contributed by atoms with Crippen molar-refractivity contribution >= 4 is 0 Å². The Labute approximate surface area is 108 Å². The van der Waals surface area contributed by atoms with Crippen LogP contribution in [0, 0.1) is 5.41 Å². The minimum absolute atomic E-state index is 0.0385. The van der Waals surface area contributed by atoms with E-state index in [1.54, 1.807) is 11.9 Å². The maximum atomic E-state index is 12.2. The Morgan fingerprint density at radius 1 is 1.11 bits per heavy atom. The molecular weight excluding hydrogens is 241 g/mol. The smallest absolute Gasteiger partial charge is 0.330 e. The molecule has 5 heteroatoms. The Morgan fingerprint density at radius 2 is 1.67 bits per heavy atom. The number of nitrogens with two attached hydrogens (primary N) is 1. The Balaban J connectivity index is 2.45. The van der Waals surface area contributed by atoms with E-state index in [1.165, 1.54) is 12.8 Å². The third-order valence-electron chi connectivity index (χ3n) is 3.98. The van der Waals surface area contributed by atoms with Crippen LogP contribution in [0.4, 0.5) is 13.2 Å². The first-order valence-electron chi connectivity index (χ1n) is 6.82. The van der Waals surface area contributed by atoms with Gasteiger partial charge >= 0.3 is 6.18 Å².